The van der Waals surface area contributed by atoms with Gasteiger partial charge in [0.05, 0.1) is 49.6 Å². The molecule has 1 N–H and O–H groups in total. The van der Waals surface area contributed by atoms with Crippen LogP contribution < -0.4 is 15.1 Å². The molecule has 5 heterocycles. The number of halogens is 1. The molecule has 0 radical (unpaired) electrons. The average molecular weight is 482 g/mol. The highest BCUT2D eigenvalue weighted by Gasteiger charge is 2.44. The lowest BCUT2D eigenvalue weighted by Gasteiger charge is -2.36. The molecule has 11 heteroatoms. The zero-order chi connectivity index (χ0) is 24.7. The van der Waals surface area contributed by atoms with E-state index < -0.39 is 11.7 Å². The lowest BCUT2D eigenvalue weighted by Crippen LogP contribution is -2.53. The number of carbonyl (C=O) groups is 2. The smallest absolute Gasteiger partial charge is 0.330 e. The summed E-state index contributed by atoms with van der Waals surface area (Å²) in [6, 6.07) is 4.05. The number of carbonyl (C=O) groups excluding carboxylic acids is 2. The maximum atomic E-state index is 13.6. The van der Waals surface area contributed by atoms with Crippen LogP contribution in [0.3, 0.4) is 0 Å². The Morgan fingerprint density at radius 1 is 1.20 bits per heavy atom. The van der Waals surface area contributed by atoms with Crippen molar-refractivity contribution in [3.8, 4) is 0 Å². The van der Waals surface area contributed by atoms with Gasteiger partial charge in [-0.15, -0.1) is 0 Å². The van der Waals surface area contributed by atoms with E-state index in [0.29, 0.717) is 50.1 Å². The lowest BCUT2D eigenvalue weighted by atomic mass is 9.87. The summed E-state index contributed by atoms with van der Waals surface area (Å²) in [5.74, 6) is -0.209. The van der Waals surface area contributed by atoms with Crippen molar-refractivity contribution in [2.45, 2.75) is 26.8 Å². The van der Waals surface area contributed by atoms with E-state index in [2.05, 4.69) is 36.0 Å². The largest absolute Gasteiger partial charge is 0.378 e. The molecule has 0 spiro atoms. The number of fused-ring (bicyclic) bond motifs is 3. The van der Waals surface area contributed by atoms with Crippen molar-refractivity contribution in [1.82, 2.24) is 14.9 Å². The van der Waals surface area contributed by atoms with Gasteiger partial charge < -0.3 is 15.0 Å². The third-order valence-corrected chi connectivity index (χ3v) is 6.38. The van der Waals surface area contributed by atoms with Gasteiger partial charge in [0.25, 0.3) is 0 Å². The van der Waals surface area contributed by atoms with Crippen LogP contribution in [0, 0.1) is 11.2 Å². The van der Waals surface area contributed by atoms with E-state index in [1.807, 2.05) is 6.07 Å². The molecule has 3 aliphatic heterocycles. The van der Waals surface area contributed by atoms with Gasteiger partial charge in [0.1, 0.15) is 23.9 Å². The first-order chi connectivity index (χ1) is 16.7. The number of hydrogen-bond donors (Lipinski definition) is 1. The number of morpholine rings is 1. The number of pyridine rings is 2. The van der Waals surface area contributed by atoms with E-state index in [-0.39, 0.29) is 29.9 Å². The molecule has 1 atom stereocenters. The standard InChI is InChI=1S/C24H28FN7O3/c1-24(2,3)18-13-32-22(28-18)21-17(10-16(12-27-21)30-6-8-35-9-7-30)31(23(32)34)14-20(33)29-19-5-4-15(25)11-26-19/h4-5,10-12,18H,6-9,13-14H2,1-3H3,(H,26,29,33). The fourth-order valence-electron chi connectivity index (χ4n) is 4.34. The number of ether oxygens (including phenoxy) is 1. The Labute approximate surface area is 202 Å². The predicted molar refractivity (Wildman–Crippen MR) is 129 cm³/mol. The summed E-state index contributed by atoms with van der Waals surface area (Å²) in [5, 5.41) is 2.63. The van der Waals surface area contributed by atoms with Crippen LogP contribution in [0.25, 0.3) is 0 Å². The van der Waals surface area contributed by atoms with Gasteiger partial charge in [-0.1, -0.05) is 20.8 Å². The molecule has 1 fully saturated rings. The molecule has 2 aromatic heterocycles. The number of amidine groups is 1. The van der Waals surface area contributed by atoms with E-state index in [0.717, 1.165) is 11.9 Å². The highest BCUT2D eigenvalue weighted by atomic mass is 19.1. The zero-order valence-electron chi connectivity index (χ0n) is 20.0. The van der Waals surface area contributed by atoms with Crippen molar-refractivity contribution in [2.75, 3.05) is 54.5 Å². The van der Waals surface area contributed by atoms with E-state index >= 15 is 0 Å². The van der Waals surface area contributed by atoms with Crippen LogP contribution in [-0.4, -0.2) is 78.1 Å². The van der Waals surface area contributed by atoms with E-state index in [1.54, 1.807) is 11.1 Å². The summed E-state index contributed by atoms with van der Waals surface area (Å²) in [4.78, 5) is 45.1. The molecule has 0 saturated carbocycles. The maximum absolute atomic E-state index is 13.6. The second-order valence-electron chi connectivity index (χ2n) is 9.88. The molecule has 3 aliphatic rings. The number of nitrogens with one attached hydrogen (secondary N) is 1. The number of nitrogens with zero attached hydrogens (tertiary/aromatic N) is 6. The van der Waals surface area contributed by atoms with Gasteiger partial charge in [-0.05, 0) is 23.6 Å². The average Bonchev–Trinajstić information content (AvgIpc) is 3.30. The Balaban J connectivity index is 1.48. The van der Waals surface area contributed by atoms with Crippen LogP contribution in [0.4, 0.5) is 26.4 Å². The monoisotopic (exact) mass is 481 g/mol. The molecule has 35 heavy (non-hydrogen) atoms. The first-order valence-corrected chi connectivity index (χ1v) is 11.6. The van der Waals surface area contributed by atoms with Gasteiger partial charge in [0.2, 0.25) is 5.91 Å². The van der Waals surface area contributed by atoms with E-state index in [4.69, 9.17) is 14.7 Å². The third kappa shape index (κ3) is 4.55. The highest BCUT2D eigenvalue weighted by Crippen LogP contribution is 2.37. The minimum Gasteiger partial charge on any atom is -0.378 e. The molecule has 0 aliphatic carbocycles. The summed E-state index contributed by atoms with van der Waals surface area (Å²) in [7, 11) is 0. The second kappa shape index (κ2) is 8.88. The summed E-state index contributed by atoms with van der Waals surface area (Å²) in [5.41, 5.74) is 1.81. The van der Waals surface area contributed by atoms with Crippen molar-refractivity contribution in [3.05, 3.63) is 42.1 Å². The Morgan fingerprint density at radius 2 is 1.97 bits per heavy atom. The Kier molecular flexibility index (Phi) is 5.87. The van der Waals surface area contributed by atoms with Crippen LogP contribution in [0.5, 0.6) is 0 Å². The van der Waals surface area contributed by atoms with Crippen LogP contribution in [-0.2, 0) is 9.53 Å². The first kappa shape index (κ1) is 23.2. The van der Waals surface area contributed by atoms with Crippen LogP contribution in [0.15, 0.2) is 35.6 Å². The van der Waals surface area contributed by atoms with Crippen molar-refractivity contribution >= 4 is 35.0 Å². The normalized spacial score (nSPS) is 19.9. The fraction of sp³-hybridized carbons (Fsp3) is 0.458. The van der Waals surface area contributed by atoms with Gasteiger partial charge in [0.15, 0.2) is 5.84 Å². The number of aromatic nitrogens is 2. The zero-order valence-corrected chi connectivity index (χ0v) is 20.0. The van der Waals surface area contributed by atoms with Crippen molar-refractivity contribution < 1.29 is 18.7 Å². The number of hydrogen-bond acceptors (Lipinski definition) is 7. The first-order valence-electron chi connectivity index (χ1n) is 11.6. The molecular weight excluding hydrogens is 453 g/mol. The molecule has 10 nitrogen and oxygen atoms in total. The summed E-state index contributed by atoms with van der Waals surface area (Å²) in [6.45, 7) is 9.07. The van der Waals surface area contributed by atoms with Crippen molar-refractivity contribution in [1.29, 1.82) is 0 Å². The summed E-state index contributed by atoms with van der Waals surface area (Å²) < 4.78 is 18.6. The molecule has 3 amide bonds. The molecule has 1 saturated heterocycles. The van der Waals surface area contributed by atoms with E-state index in [1.165, 1.54) is 17.0 Å². The Hall–Kier alpha value is -3.60. The third-order valence-electron chi connectivity index (χ3n) is 6.38. The number of amides is 3. The fourth-order valence-corrected chi connectivity index (χ4v) is 4.34. The highest BCUT2D eigenvalue weighted by molar-refractivity contribution is 6.20. The van der Waals surface area contributed by atoms with Crippen LogP contribution in [0.2, 0.25) is 0 Å². The number of rotatable bonds is 4. The molecule has 5 rings (SSSR count). The molecule has 184 valence electrons. The van der Waals surface area contributed by atoms with Gasteiger partial charge in [-0.3, -0.25) is 19.6 Å². The predicted octanol–water partition coefficient (Wildman–Crippen LogP) is 2.51. The molecule has 2 aromatic rings. The minimum absolute atomic E-state index is 0.0905. The van der Waals surface area contributed by atoms with Crippen LogP contribution in [0.1, 0.15) is 26.5 Å². The molecule has 0 bridgehead atoms. The Morgan fingerprint density at radius 3 is 2.66 bits per heavy atom. The minimum atomic E-state index is -0.501. The van der Waals surface area contributed by atoms with Gasteiger partial charge in [0, 0.05) is 13.1 Å². The Bertz CT molecular complexity index is 1170. The lowest BCUT2D eigenvalue weighted by molar-refractivity contribution is -0.114. The van der Waals surface area contributed by atoms with E-state index in [9.17, 15) is 14.0 Å². The topological polar surface area (TPSA) is 103 Å². The summed E-state index contributed by atoms with van der Waals surface area (Å²) in [6.07, 6.45) is 2.81. The molecular formula is C24H28FN7O3. The van der Waals surface area contributed by atoms with Gasteiger partial charge >= 0.3 is 6.03 Å². The summed E-state index contributed by atoms with van der Waals surface area (Å²) >= 11 is 0. The van der Waals surface area contributed by atoms with Crippen LogP contribution >= 0.6 is 0 Å². The van der Waals surface area contributed by atoms with Crippen molar-refractivity contribution in [3.63, 3.8) is 0 Å². The molecule has 0 aromatic carbocycles. The maximum Gasteiger partial charge on any atom is 0.330 e. The van der Waals surface area contributed by atoms with Gasteiger partial charge in [-0.2, -0.15) is 0 Å². The number of anilines is 3. The molecule has 1 unspecified atom stereocenters. The van der Waals surface area contributed by atoms with Gasteiger partial charge in [-0.25, -0.2) is 19.2 Å². The number of urea groups is 1. The van der Waals surface area contributed by atoms with Crippen molar-refractivity contribution in [2.24, 2.45) is 10.4 Å². The number of aliphatic imine (C=N–C) groups is 1. The second-order valence-corrected chi connectivity index (χ2v) is 9.88. The SMILES string of the molecule is CC(C)(C)C1CN2C(=O)N(CC(=O)Nc3ccc(F)cn3)c3cc(N4CCOCC4)cnc3C2=N1. The quantitative estimate of drug-likeness (QED) is 0.720.